The first-order chi connectivity index (χ1) is 16.3. The molecule has 0 saturated heterocycles. The summed E-state index contributed by atoms with van der Waals surface area (Å²) in [5.41, 5.74) is 8.89. The van der Waals surface area contributed by atoms with Crippen LogP contribution in [0.4, 0.5) is 0 Å². The molecule has 6 aromatic rings. The molecule has 2 nitrogen and oxygen atoms in total. The maximum Gasteiger partial charge on any atom is 0.259 e. The van der Waals surface area contributed by atoms with E-state index in [1.165, 1.54) is 16.7 Å². The summed E-state index contributed by atoms with van der Waals surface area (Å²) in [6, 6.07) is 32.0. The van der Waals surface area contributed by atoms with Gasteiger partial charge in [-0.05, 0) is 64.9 Å². The van der Waals surface area contributed by atoms with Crippen LogP contribution in [0.15, 0.2) is 102 Å². The number of pyridine rings is 1. The SMILES string of the molecule is O=c1c2c(c3cc(-c4ccccc4)cc4c5cc(-c6ccccc6)ccc5n1c34)C=CCC2. The second kappa shape index (κ2) is 6.91. The van der Waals surface area contributed by atoms with Gasteiger partial charge in [-0.2, -0.15) is 0 Å². The number of benzene rings is 4. The van der Waals surface area contributed by atoms with E-state index in [0.29, 0.717) is 0 Å². The largest absolute Gasteiger partial charge is 0.275 e. The summed E-state index contributed by atoms with van der Waals surface area (Å²) >= 11 is 0. The molecule has 0 spiro atoms. The van der Waals surface area contributed by atoms with Crippen LogP contribution in [0, 0.1) is 0 Å². The molecule has 0 aliphatic heterocycles. The Kier molecular flexibility index (Phi) is 3.86. The lowest BCUT2D eigenvalue weighted by atomic mass is 9.92. The van der Waals surface area contributed by atoms with Crippen LogP contribution in [0.3, 0.4) is 0 Å². The normalized spacial score (nSPS) is 13.2. The van der Waals surface area contributed by atoms with E-state index >= 15 is 0 Å². The molecule has 4 aromatic carbocycles. The van der Waals surface area contributed by atoms with E-state index in [2.05, 4.69) is 91.0 Å². The van der Waals surface area contributed by atoms with Gasteiger partial charge in [0.15, 0.2) is 0 Å². The van der Waals surface area contributed by atoms with Crippen molar-refractivity contribution in [2.45, 2.75) is 12.8 Å². The third-order valence-corrected chi connectivity index (χ3v) is 7.00. The van der Waals surface area contributed by atoms with E-state index in [9.17, 15) is 4.79 Å². The van der Waals surface area contributed by atoms with Gasteiger partial charge in [-0.3, -0.25) is 9.20 Å². The first-order valence-corrected chi connectivity index (χ1v) is 11.5. The Labute approximate surface area is 191 Å². The highest BCUT2D eigenvalue weighted by Crippen LogP contribution is 2.39. The second-order valence-corrected chi connectivity index (χ2v) is 8.86. The first-order valence-electron chi connectivity index (χ1n) is 11.5. The maximum absolute atomic E-state index is 13.7. The summed E-state index contributed by atoms with van der Waals surface area (Å²) in [4.78, 5) is 13.7. The van der Waals surface area contributed by atoms with Crippen LogP contribution in [-0.2, 0) is 6.42 Å². The van der Waals surface area contributed by atoms with E-state index in [1.54, 1.807) is 0 Å². The van der Waals surface area contributed by atoms with Crippen molar-refractivity contribution in [3.05, 3.63) is 119 Å². The number of hydrogen-bond acceptors (Lipinski definition) is 1. The lowest BCUT2D eigenvalue weighted by Crippen LogP contribution is -2.20. The molecule has 0 saturated carbocycles. The molecular formula is C31H21NO. The van der Waals surface area contributed by atoms with Crippen LogP contribution in [0.25, 0.3) is 55.5 Å². The second-order valence-electron chi connectivity index (χ2n) is 8.86. The van der Waals surface area contributed by atoms with Crippen LogP contribution in [-0.4, -0.2) is 4.40 Å². The molecule has 2 heteroatoms. The molecule has 156 valence electrons. The predicted molar refractivity (Wildman–Crippen MR) is 138 cm³/mol. The van der Waals surface area contributed by atoms with Crippen LogP contribution in [0.5, 0.6) is 0 Å². The minimum Gasteiger partial charge on any atom is -0.275 e. The zero-order valence-electron chi connectivity index (χ0n) is 18.1. The number of aromatic nitrogens is 1. The van der Waals surface area contributed by atoms with Crippen molar-refractivity contribution >= 4 is 33.3 Å². The number of rotatable bonds is 2. The molecule has 1 aliphatic carbocycles. The van der Waals surface area contributed by atoms with Crippen LogP contribution in [0.1, 0.15) is 17.5 Å². The van der Waals surface area contributed by atoms with Crippen molar-refractivity contribution in [2.24, 2.45) is 0 Å². The average molecular weight is 424 g/mol. The van der Waals surface area contributed by atoms with Crippen molar-refractivity contribution in [1.29, 1.82) is 0 Å². The fraction of sp³-hybridized carbons (Fsp3) is 0.0645. The molecule has 33 heavy (non-hydrogen) atoms. The summed E-state index contributed by atoms with van der Waals surface area (Å²) in [5, 5.41) is 3.43. The number of allylic oxidation sites excluding steroid dienone is 1. The van der Waals surface area contributed by atoms with Gasteiger partial charge in [-0.15, -0.1) is 0 Å². The lowest BCUT2D eigenvalue weighted by Gasteiger charge is -2.15. The van der Waals surface area contributed by atoms with E-state index < -0.39 is 0 Å². The molecule has 0 amide bonds. The Hall–Kier alpha value is -4.17. The summed E-state index contributed by atoms with van der Waals surface area (Å²) in [6.45, 7) is 0. The lowest BCUT2D eigenvalue weighted by molar-refractivity contribution is 0.947. The topological polar surface area (TPSA) is 21.5 Å². The smallest absolute Gasteiger partial charge is 0.259 e. The molecule has 0 N–H and O–H groups in total. The summed E-state index contributed by atoms with van der Waals surface area (Å²) < 4.78 is 1.96. The Balaban J connectivity index is 1.67. The standard InChI is InChI=1S/C31H21NO/c33-31-25-14-8-7-13-24(25)27-18-23(21-11-5-2-6-12-21)19-28-26-17-22(20-9-3-1-4-10-20)15-16-29(26)32(31)30(27)28/h1-7,9-13,15-19H,8,14H2. The van der Waals surface area contributed by atoms with Gasteiger partial charge in [0.05, 0.1) is 11.0 Å². The van der Waals surface area contributed by atoms with Gasteiger partial charge in [0.1, 0.15) is 0 Å². The van der Waals surface area contributed by atoms with Crippen molar-refractivity contribution in [2.75, 3.05) is 0 Å². The van der Waals surface area contributed by atoms with Crippen LogP contribution >= 0.6 is 0 Å². The van der Waals surface area contributed by atoms with Gasteiger partial charge < -0.3 is 0 Å². The predicted octanol–water partition coefficient (Wildman–Crippen LogP) is 7.34. The van der Waals surface area contributed by atoms with E-state index in [4.69, 9.17) is 0 Å². The Morgan fingerprint density at radius 1 is 0.636 bits per heavy atom. The van der Waals surface area contributed by atoms with Crippen LogP contribution in [0.2, 0.25) is 0 Å². The quantitative estimate of drug-likeness (QED) is 0.285. The molecule has 0 atom stereocenters. The van der Waals surface area contributed by atoms with Crippen molar-refractivity contribution in [3.63, 3.8) is 0 Å². The maximum atomic E-state index is 13.7. The minimum absolute atomic E-state index is 0.127. The average Bonchev–Trinajstić information content (AvgIpc) is 3.22. The highest BCUT2D eigenvalue weighted by Gasteiger charge is 2.22. The monoisotopic (exact) mass is 423 g/mol. The van der Waals surface area contributed by atoms with Crippen molar-refractivity contribution in [1.82, 2.24) is 4.40 Å². The van der Waals surface area contributed by atoms with Gasteiger partial charge in [0.2, 0.25) is 0 Å². The summed E-state index contributed by atoms with van der Waals surface area (Å²) in [5.74, 6) is 0. The molecular weight excluding hydrogens is 402 g/mol. The molecule has 2 heterocycles. The van der Waals surface area contributed by atoms with Crippen molar-refractivity contribution < 1.29 is 0 Å². The number of nitrogens with zero attached hydrogens (tertiary/aromatic N) is 1. The fourth-order valence-electron chi connectivity index (χ4n) is 5.45. The zero-order valence-corrected chi connectivity index (χ0v) is 18.1. The van der Waals surface area contributed by atoms with Gasteiger partial charge in [0.25, 0.3) is 5.56 Å². The van der Waals surface area contributed by atoms with Gasteiger partial charge >= 0.3 is 0 Å². The number of hydrogen-bond donors (Lipinski definition) is 0. The molecule has 1 aliphatic rings. The third-order valence-electron chi connectivity index (χ3n) is 7.00. The zero-order chi connectivity index (χ0) is 21.9. The van der Waals surface area contributed by atoms with E-state index in [1.807, 2.05) is 16.5 Å². The first kappa shape index (κ1) is 18.4. The Bertz CT molecular complexity index is 1760. The number of fused-ring (bicyclic) bond motifs is 5. The molecule has 0 unspecified atom stereocenters. The third kappa shape index (κ3) is 2.64. The molecule has 0 bridgehead atoms. The molecule has 7 rings (SSSR count). The van der Waals surface area contributed by atoms with Crippen molar-refractivity contribution in [3.8, 4) is 22.3 Å². The molecule has 2 aromatic heterocycles. The van der Waals surface area contributed by atoms with Gasteiger partial charge in [-0.25, -0.2) is 0 Å². The molecule has 0 radical (unpaired) electrons. The van der Waals surface area contributed by atoms with E-state index in [0.717, 1.165) is 56.7 Å². The highest BCUT2D eigenvalue weighted by molar-refractivity contribution is 6.17. The summed E-state index contributed by atoms with van der Waals surface area (Å²) in [7, 11) is 0. The Morgan fingerprint density at radius 3 is 2.06 bits per heavy atom. The van der Waals surface area contributed by atoms with Gasteiger partial charge in [0, 0.05) is 21.7 Å². The Morgan fingerprint density at radius 2 is 1.30 bits per heavy atom. The minimum atomic E-state index is 0.127. The van der Waals surface area contributed by atoms with E-state index in [-0.39, 0.29) is 5.56 Å². The summed E-state index contributed by atoms with van der Waals surface area (Å²) in [6.07, 6.45) is 6.05. The fourth-order valence-corrected chi connectivity index (χ4v) is 5.45. The van der Waals surface area contributed by atoms with Crippen LogP contribution < -0.4 is 5.56 Å². The molecule has 0 fully saturated rings. The van der Waals surface area contributed by atoms with Gasteiger partial charge in [-0.1, -0.05) is 78.9 Å². The highest BCUT2D eigenvalue weighted by atomic mass is 16.1.